The van der Waals surface area contributed by atoms with Crippen molar-refractivity contribution in [1.29, 1.82) is 0 Å². The minimum Gasteiger partial charge on any atom is -0.357 e. The monoisotopic (exact) mass is 423 g/mol. The molecule has 3 nitrogen and oxygen atoms in total. The molecule has 0 bridgehead atoms. The van der Waals surface area contributed by atoms with Gasteiger partial charge >= 0.3 is 0 Å². The molecule has 1 unspecified atom stereocenters. The number of nitrogens with one attached hydrogen (secondary N) is 2. The maximum absolute atomic E-state index is 13.7. The highest BCUT2D eigenvalue weighted by atomic mass is 127. The summed E-state index contributed by atoms with van der Waals surface area (Å²) in [5.41, 5.74) is 0.412. The largest absolute Gasteiger partial charge is 0.357 e. The Labute approximate surface area is 148 Å². The molecule has 0 saturated carbocycles. The van der Waals surface area contributed by atoms with E-state index in [-0.39, 0.29) is 30.0 Å². The number of benzene rings is 1. The molecule has 0 aliphatic carbocycles. The Morgan fingerprint density at radius 3 is 2.68 bits per heavy atom. The van der Waals surface area contributed by atoms with Crippen LogP contribution in [0, 0.1) is 11.6 Å². The lowest BCUT2D eigenvalue weighted by molar-refractivity contribution is 0.551. The van der Waals surface area contributed by atoms with Crippen LogP contribution in [0.3, 0.4) is 0 Å². The van der Waals surface area contributed by atoms with Gasteiger partial charge in [-0.3, -0.25) is 4.99 Å². The predicted octanol–water partition coefficient (Wildman–Crippen LogP) is 4.17. The van der Waals surface area contributed by atoms with Gasteiger partial charge in [-0.05, 0) is 33.3 Å². The average Bonchev–Trinajstić information content (AvgIpc) is 2.43. The zero-order valence-electron chi connectivity index (χ0n) is 13.2. The van der Waals surface area contributed by atoms with Crippen LogP contribution in [0.1, 0.15) is 38.8 Å². The minimum atomic E-state index is -0.574. The number of rotatable bonds is 6. The summed E-state index contributed by atoms with van der Waals surface area (Å²) in [4.78, 5) is 4.41. The van der Waals surface area contributed by atoms with Gasteiger partial charge in [0.2, 0.25) is 0 Å². The van der Waals surface area contributed by atoms with Gasteiger partial charge in [0.15, 0.2) is 5.96 Å². The van der Waals surface area contributed by atoms with Crippen LogP contribution in [-0.4, -0.2) is 19.0 Å². The third-order valence-electron chi connectivity index (χ3n) is 2.93. The Bertz CT molecular complexity index is 504. The van der Waals surface area contributed by atoms with Gasteiger partial charge in [-0.25, -0.2) is 8.78 Å². The first kappa shape index (κ1) is 20.8. The Morgan fingerprint density at radius 2 is 2.09 bits per heavy atom. The third kappa shape index (κ3) is 7.20. The highest BCUT2D eigenvalue weighted by Crippen LogP contribution is 2.17. The highest BCUT2D eigenvalue weighted by Gasteiger charge is 2.12. The zero-order chi connectivity index (χ0) is 15.7. The van der Waals surface area contributed by atoms with Gasteiger partial charge in [0.1, 0.15) is 11.6 Å². The van der Waals surface area contributed by atoms with Crippen LogP contribution in [0.25, 0.3) is 0 Å². The van der Waals surface area contributed by atoms with E-state index in [1.54, 1.807) is 0 Å². The predicted molar refractivity (Wildman–Crippen MR) is 98.7 cm³/mol. The molecule has 1 aromatic rings. The summed E-state index contributed by atoms with van der Waals surface area (Å²) in [6, 6.07) is 3.30. The first-order valence-electron chi connectivity index (χ1n) is 7.19. The molecule has 0 heterocycles. The van der Waals surface area contributed by atoms with E-state index in [1.165, 1.54) is 12.1 Å². The number of aliphatic imine (C=N–C) groups is 1. The van der Waals surface area contributed by atoms with Crippen molar-refractivity contribution in [3.63, 3.8) is 0 Å². The minimum absolute atomic E-state index is 0. The number of nitrogens with zero attached hydrogens (tertiary/aromatic N) is 1. The fourth-order valence-electron chi connectivity index (χ4n) is 1.87. The number of halogens is 3. The molecule has 1 rings (SSSR count). The topological polar surface area (TPSA) is 36.4 Å². The van der Waals surface area contributed by atoms with Gasteiger partial charge in [0.05, 0.1) is 6.04 Å². The van der Waals surface area contributed by atoms with Crippen LogP contribution in [-0.2, 0) is 0 Å². The summed E-state index contributed by atoms with van der Waals surface area (Å²) in [6.45, 7) is 7.11. The maximum atomic E-state index is 13.7. The molecule has 0 amide bonds. The van der Waals surface area contributed by atoms with E-state index in [0.717, 1.165) is 12.5 Å². The fraction of sp³-hybridized carbons (Fsp3) is 0.438. The lowest BCUT2D eigenvalue weighted by Crippen LogP contribution is -2.39. The molecule has 0 saturated heterocycles. The Balaban J connectivity index is 0.00000441. The molecule has 0 fully saturated rings. The molecule has 0 radical (unpaired) electrons. The first-order valence-corrected chi connectivity index (χ1v) is 7.19. The van der Waals surface area contributed by atoms with E-state index in [9.17, 15) is 8.78 Å². The van der Waals surface area contributed by atoms with Crippen LogP contribution in [0.2, 0.25) is 0 Å². The van der Waals surface area contributed by atoms with E-state index in [2.05, 4.69) is 15.6 Å². The van der Waals surface area contributed by atoms with Crippen LogP contribution in [0.15, 0.2) is 35.3 Å². The van der Waals surface area contributed by atoms with Gasteiger partial charge in [-0.1, -0.05) is 18.2 Å². The number of allylic oxidation sites excluding steroid dienone is 1. The van der Waals surface area contributed by atoms with E-state index < -0.39 is 11.6 Å². The number of guanidine groups is 1. The molecule has 0 aromatic heterocycles. The van der Waals surface area contributed by atoms with Crippen molar-refractivity contribution in [2.75, 3.05) is 13.1 Å². The van der Waals surface area contributed by atoms with Crippen LogP contribution in [0.4, 0.5) is 8.78 Å². The summed E-state index contributed by atoms with van der Waals surface area (Å²) in [6.07, 6.45) is 4.87. The van der Waals surface area contributed by atoms with Crippen molar-refractivity contribution in [2.45, 2.75) is 33.2 Å². The van der Waals surface area contributed by atoms with Crippen molar-refractivity contribution in [3.05, 3.63) is 47.5 Å². The Kier molecular flexibility index (Phi) is 10.8. The molecule has 1 aromatic carbocycles. The average molecular weight is 423 g/mol. The third-order valence-corrected chi connectivity index (χ3v) is 2.93. The van der Waals surface area contributed by atoms with Gasteiger partial charge in [-0.15, -0.1) is 24.0 Å². The summed E-state index contributed by atoms with van der Waals surface area (Å²) in [5.74, 6) is -0.506. The second kappa shape index (κ2) is 11.4. The smallest absolute Gasteiger partial charge is 0.191 e. The number of hydrogen-bond acceptors (Lipinski definition) is 1. The van der Waals surface area contributed by atoms with Crippen molar-refractivity contribution >= 4 is 29.9 Å². The van der Waals surface area contributed by atoms with Gasteiger partial charge < -0.3 is 10.6 Å². The van der Waals surface area contributed by atoms with Gasteiger partial charge in [0.25, 0.3) is 0 Å². The van der Waals surface area contributed by atoms with E-state index in [4.69, 9.17) is 0 Å². The van der Waals surface area contributed by atoms with Crippen molar-refractivity contribution < 1.29 is 8.78 Å². The lowest BCUT2D eigenvalue weighted by Gasteiger charge is -2.18. The molecular formula is C16H24F2IN3. The molecule has 0 aliphatic rings. The lowest BCUT2D eigenvalue weighted by atomic mass is 10.1. The van der Waals surface area contributed by atoms with E-state index >= 15 is 0 Å². The molecular weight excluding hydrogens is 399 g/mol. The van der Waals surface area contributed by atoms with Crippen LogP contribution >= 0.6 is 24.0 Å². The van der Waals surface area contributed by atoms with Crippen molar-refractivity contribution in [2.24, 2.45) is 4.99 Å². The summed E-state index contributed by atoms with van der Waals surface area (Å²) < 4.78 is 26.7. The van der Waals surface area contributed by atoms with E-state index in [1.807, 2.05) is 32.9 Å². The Morgan fingerprint density at radius 1 is 1.36 bits per heavy atom. The molecule has 0 aliphatic heterocycles. The van der Waals surface area contributed by atoms with Gasteiger partial charge in [0, 0.05) is 24.7 Å². The first-order chi connectivity index (χ1) is 10.1. The Hall–Kier alpha value is -1.18. The summed E-state index contributed by atoms with van der Waals surface area (Å²) >= 11 is 0. The molecule has 22 heavy (non-hydrogen) atoms. The van der Waals surface area contributed by atoms with Crippen LogP contribution in [0.5, 0.6) is 0 Å². The van der Waals surface area contributed by atoms with Crippen molar-refractivity contribution in [3.8, 4) is 0 Å². The SMILES string of the molecule is C/C=C/CCN=C(NCC)NC(C)c1ccc(F)cc1F.I. The quantitative estimate of drug-likeness (QED) is 0.237. The highest BCUT2D eigenvalue weighted by molar-refractivity contribution is 14.0. The maximum Gasteiger partial charge on any atom is 0.191 e. The summed E-state index contributed by atoms with van der Waals surface area (Å²) in [7, 11) is 0. The molecule has 124 valence electrons. The normalized spacial score (nSPS) is 12.9. The standard InChI is InChI=1S/C16H23F2N3.HI/c1-4-6-7-10-20-16(19-5-2)21-12(3)14-9-8-13(17)11-15(14)18;/h4,6,8-9,11-12H,5,7,10H2,1-3H3,(H2,19,20,21);1H/b6-4+;. The van der Waals surface area contributed by atoms with E-state index in [0.29, 0.717) is 24.6 Å². The number of hydrogen-bond donors (Lipinski definition) is 2. The summed E-state index contributed by atoms with van der Waals surface area (Å²) in [5, 5.41) is 6.23. The zero-order valence-corrected chi connectivity index (χ0v) is 15.5. The van der Waals surface area contributed by atoms with Crippen LogP contribution < -0.4 is 10.6 Å². The van der Waals surface area contributed by atoms with Crippen molar-refractivity contribution in [1.82, 2.24) is 10.6 Å². The second-order valence-corrected chi connectivity index (χ2v) is 4.65. The molecule has 0 spiro atoms. The fourth-order valence-corrected chi connectivity index (χ4v) is 1.87. The molecule has 2 N–H and O–H groups in total. The van der Waals surface area contributed by atoms with Gasteiger partial charge in [-0.2, -0.15) is 0 Å². The second-order valence-electron chi connectivity index (χ2n) is 4.65. The molecule has 1 atom stereocenters. The molecule has 6 heteroatoms.